The Hall–Kier alpha value is -4.01. The molecule has 0 saturated heterocycles. The number of benzene rings is 1. The van der Waals surface area contributed by atoms with Gasteiger partial charge in [-0.2, -0.15) is 5.10 Å². The molecule has 9 heteroatoms. The number of aryl methyl sites for hydroxylation is 1. The molecule has 0 saturated carbocycles. The van der Waals surface area contributed by atoms with Gasteiger partial charge >= 0.3 is 5.63 Å². The maximum absolute atomic E-state index is 12.6. The minimum atomic E-state index is -0.764. The SMILES string of the molecule is COc1cccc2cc(C(=O)Nc3cnc(-n4nc(C)c(C)c4C)nc3)c(=O)oc12. The number of fused-ring (bicyclic) bond motifs is 1. The van der Waals surface area contributed by atoms with E-state index >= 15 is 0 Å². The normalized spacial score (nSPS) is 10.9. The van der Waals surface area contributed by atoms with Crippen LogP contribution in [0, 0.1) is 20.8 Å². The summed E-state index contributed by atoms with van der Waals surface area (Å²) in [6.07, 6.45) is 2.91. The average molecular weight is 405 g/mol. The van der Waals surface area contributed by atoms with Gasteiger partial charge in [0.1, 0.15) is 5.56 Å². The summed E-state index contributed by atoms with van der Waals surface area (Å²) in [5.74, 6) is 0.186. The van der Waals surface area contributed by atoms with Crippen LogP contribution in [0.1, 0.15) is 27.3 Å². The Balaban J connectivity index is 1.60. The maximum Gasteiger partial charge on any atom is 0.349 e. The molecule has 0 aliphatic rings. The molecule has 0 atom stereocenters. The molecule has 3 heterocycles. The minimum Gasteiger partial charge on any atom is -0.493 e. The number of carbonyl (C=O) groups is 1. The second-order valence-corrected chi connectivity index (χ2v) is 6.76. The zero-order valence-electron chi connectivity index (χ0n) is 16.9. The Bertz CT molecular complexity index is 1320. The van der Waals surface area contributed by atoms with Crippen LogP contribution in [0.3, 0.4) is 0 Å². The van der Waals surface area contributed by atoms with E-state index in [-0.39, 0.29) is 11.1 Å². The first-order valence-electron chi connectivity index (χ1n) is 9.16. The highest BCUT2D eigenvalue weighted by molar-refractivity contribution is 6.05. The second-order valence-electron chi connectivity index (χ2n) is 6.76. The van der Waals surface area contributed by atoms with Crippen molar-refractivity contribution in [2.75, 3.05) is 12.4 Å². The Morgan fingerprint density at radius 1 is 1.17 bits per heavy atom. The lowest BCUT2D eigenvalue weighted by Gasteiger charge is -2.07. The average Bonchev–Trinajstić information content (AvgIpc) is 3.00. The van der Waals surface area contributed by atoms with Crippen molar-refractivity contribution in [2.24, 2.45) is 0 Å². The molecule has 0 unspecified atom stereocenters. The number of amides is 1. The first-order chi connectivity index (χ1) is 14.4. The summed E-state index contributed by atoms with van der Waals surface area (Å²) in [5, 5.41) is 7.61. The van der Waals surface area contributed by atoms with E-state index < -0.39 is 11.5 Å². The minimum absolute atomic E-state index is 0.131. The van der Waals surface area contributed by atoms with Gasteiger partial charge in [-0.05, 0) is 38.5 Å². The number of nitrogens with zero attached hydrogens (tertiary/aromatic N) is 4. The number of anilines is 1. The highest BCUT2D eigenvalue weighted by Crippen LogP contribution is 2.24. The predicted molar refractivity (Wildman–Crippen MR) is 110 cm³/mol. The molecule has 0 radical (unpaired) electrons. The van der Waals surface area contributed by atoms with E-state index in [9.17, 15) is 9.59 Å². The molecule has 0 bridgehead atoms. The summed E-state index contributed by atoms with van der Waals surface area (Å²) in [7, 11) is 1.48. The van der Waals surface area contributed by atoms with Gasteiger partial charge in [0.05, 0.1) is 30.9 Å². The lowest BCUT2D eigenvalue weighted by Crippen LogP contribution is -2.21. The van der Waals surface area contributed by atoms with Crippen LogP contribution in [0.25, 0.3) is 16.9 Å². The smallest absolute Gasteiger partial charge is 0.349 e. The van der Waals surface area contributed by atoms with Gasteiger partial charge in [0.2, 0.25) is 0 Å². The van der Waals surface area contributed by atoms with Crippen LogP contribution in [-0.2, 0) is 0 Å². The molecule has 1 amide bonds. The molecule has 0 aliphatic heterocycles. The zero-order chi connectivity index (χ0) is 21.4. The molecule has 4 aromatic rings. The summed E-state index contributed by atoms with van der Waals surface area (Å²) in [6, 6.07) is 6.61. The van der Waals surface area contributed by atoms with Crippen molar-refractivity contribution in [3.05, 3.63) is 69.6 Å². The van der Waals surface area contributed by atoms with Crippen LogP contribution in [0.2, 0.25) is 0 Å². The Kier molecular flexibility index (Phi) is 4.78. The topological polar surface area (TPSA) is 112 Å². The number of para-hydroxylation sites is 1. The highest BCUT2D eigenvalue weighted by atomic mass is 16.5. The molecule has 0 fully saturated rings. The zero-order valence-corrected chi connectivity index (χ0v) is 16.9. The molecule has 0 spiro atoms. The number of aromatic nitrogens is 4. The molecule has 4 rings (SSSR count). The van der Waals surface area contributed by atoms with Crippen molar-refractivity contribution in [3.8, 4) is 11.7 Å². The molecule has 1 N–H and O–H groups in total. The molecular formula is C21H19N5O4. The van der Waals surface area contributed by atoms with Crippen molar-refractivity contribution in [2.45, 2.75) is 20.8 Å². The number of ether oxygens (including phenoxy) is 1. The van der Waals surface area contributed by atoms with Gasteiger partial charge in [-0.1, -0.05) is 12.1 Å². The molecule has 152 valence electrons. The first kappa shape index (κ1) is 19.3. The fraction of sp³-hybridized carbons (Fsp3) is 0.190. The molecule has 1 aromatic carbocycles. The monoisotopic (exact) mass is 405 g/mol. The van der Waals surface area contributed by atoms with E-state index in [2.05, 4.69) is 20.4 Å². The fourth-order valence-electron chi connectivity index (χ4n) is 3.05. The second kappa shape index (κ2) is 7.43. The summed E-state index contributed by atoms with van der Waals surface area (Å²) in [6.45, 7) is 5.83. The van der Waals surface area contributed by atoms with Gasteiger partial charge in [-0.15, -0.1) is 0 Å². The van der Waals surface area contributed by atoms with E-state index in [1.807, 2.05) is 20.8 Å². The molecule has 3 aromatic heterocycles. The van der Waals surface area contributed by atoms with Gasteiger partial charge in [0, 0.05) is 11.1 Å². The number of hydrogen-bond acceptors (Lipinski definition) is 7. The predicted octanol–water partition coefficient (Wildman–Crippen LogP) is 2.95. The quantitative estimate of drug-likeness (QED) is 0.520. The number of methoxy groups -OCH3 is 1. The fourth-order valence-corrected chi connectivity index (χ4v) is 3.05. The third-order valence-corrected chi connectivity index (χ3v) is 4.93. The van der Waals surface area contributed by atoms with Gasteiger partial charge in [-0.3, -0.25) is 4.79 Å². The van der Waals surface area contributed by atoms with Crippen LogP contribution in [0.4, 0.5) is 5.69 Å². The standard InChI is InChI=1S/C21H19N5O4/c1-11-12(2)25-26(13(11)3)21-22-9-15(10-23-21)24-19(27)16-8-14-6-5-7-17(29-4)18(14)30-20(16)28/h5-10H,1-4H3,(H,24,27). The van der Waals surface area contributed by atoms with E-state index in [0.29, 0.717) is 22.8 Å². The number of rotatable bonds is 4. The Morgan fingerprint density at radius 2 is 1.90 bits per heavy atom. The van der Waals surface area contributed by atoms with Crippen molar-refractivity contribution in [3.63, 3.8) is 0 Å². The molecular weight excluding hydrogens is 386 g/mol. The van der Waals surface area contributed by atoms with Gasteiger partial charge in [0.25, 0.3) is 11.9 Å². The largest absolute Gasteiger partial charge is 0.493 e. The van der Waals surface area contributed by atoms with E-state index in [4.69, 9.17) is 9.15 Å². The van der Waals surface area contributed by atoms with Gasteiger partial charge in [-0.25, -0.2) is 19.4 Å². The maximum atomic E-state index is 12.6. The molecule has 0 aliphatic carbocycles. The Labute approximate surface area is 171 Å². The number of nitrogens with one attached hydrogen (secondary N) is 1. The number of hydrogen-bond donors (Lipinski definition) is 1. The van der Waals surface area contributed by atoms with Gasteiger partial charge < -0.3 is 14.5 Å². The summed E-state index contributed by atoms with van der Waals surface area (Å²) < 4.78 is 12.1. The van der Waals surface area contributed by atoms with Crippen LogP contribution < -0.4 is 15.7 Å². The highest BCUT2D eigenvalue weighted by Gasteiger charge is 2.17. The van der Waals surface area contributed by atoms with E-state index in [1.165, 1.54) is 25.6 Å². The summed E-state index contributed by atoms with van der Waals surface area (Å²) in [5.41, 5.74) is 2.63. The molecule has 30 heavy (non-hydrogen) atoms. The lowest BCUT2D eigenvalue weighted by molar-refractivity contribution is 0.102. The Morgan fingerprint density at radius 3 is 2.53 bits per heavy atom. The third-order valence-electron chi connectivity index (χ3n) is 4.93. The van der Waals surface area contributed by atoms with Crippen molar-refractivity contribution in [1.29, 1.82) is 0 Å². The summed E-state index contributed by atoms with van der Waals surface area (Å²) in [4.78, 5) is 33.5. The van der Waals surface area contributed by atoms with Crippen LogP contribution in [-0.4, -0.2) is 32.8 Å². The van der Waals surface area contributed by atoms with E-state index in [0.717, 1.165) is 17.0 Å². The molecule has 9 nitrogen and oxygen atoms in total. The first-order valence-corrected chi connectivity index (χ1v) is 9.16. The summed E-state index contributed by atoms with van der Waals surface area (Å²) >= 11 is 0. The van der Waals surface area contributed by atoms with Crippen LogP contribution >= 0.6 is 0 Å². The van der Waals surface area contributed by atoms with Gasteiger partial charge in [0.15, 0.2) is 11.3 Å². The van der Waals surface area contributed by atoms with Crippen molar-refractivity contribution in [1.82, 2.24) is 19.7 Å². The number of carbonyl (C=O) groups excluding carboxylic acids is 1. The van der Waals surface area contributed by atoms with E-state index in [1.54, 1.807) is 22.9 Å². The van der Waals surface area contributed by atoms with Crippen LogP contribution in [0.5, 0.6) is 5.75 Å². The third kappa shape index (κ3) is 3.30. The van der Waals surface area contributed by atoms with Crippen molar-refractivity contribution < 1.29 is 13.9 Å². The van der Waals surface area contributed by atoms with Crippen LogP contribution in [0.15, 0.2) is 45.9 Å². The van der Waals surface area contributed by atoms with Crippen molar-refractivity contribution >= 4 is 22.6 Å². The lowest BCUT2D eigenvalue weighted by atomic mass is 10.1.